The van der Waals surface area contributed by atoms with Crippen LogP contribution in [0.4, 0.5) is 0 Å². The minimum atomic E-state index is -1.15. The smallest absolute Gasteiger partial charge is 0.236 e. The standard InChI is InChI=1S/C77H126Br9N17O17/c1-20-23-113-24-25-114-26-27-115-28-29-116-30-31-117-52-77(46-101-32-53(95-98-101)35-118-49-74(22-21-56(104)65(2,3)78,38-87-57(105)66(4,5)79)39-88-58(106)67(6,7)80,47-102-33-54(96-99-102)36-119-50-75(40-89-59(107)68(8,9)81,41-90-60(108)69(10,11)82)42-91-61(109)70(12,13)83)48-103-34-55(97-100-103)37-120-51-76(43-92-62(110)71(14,15)84,44-93-63(111)72(16,17)85)45-94-64(112)73(18,19)86/h20,32-34H,1,21-31,35-52H2,2-19H3,(H,87,105)(H,88,106)(H,89,107)(H,90,108)(H,91,109)(H,92,110)(H,93,111)(H,94,112). The number of nitrogens with one attached hydrogen (secondary N) is 8. The van der Waals surface area contributed by atoms with Gasteiger partial charge < -0.3 is 80.4 Å². The molecule has 0 saturated carbocycles. The van der Waals surface area contributed by atoms with E-state index in [2.05, 4.69) is 223 Å². The van der Waals surface area contributed by atoms with Crippen molar-refractivity contribution in [3.05, 3.63) is 48.3 Å². The number of alkyl halides is 9. The van der Waals surface area contributed by atoms with Crippen molar-refractivity contribution >= 4 is 196 Å². The van der Waals surface area contributed by atoms with E-state index in [4.69, 9.17) is 37.9 Å². The van der Waals surface area contributed by atoms with Crippen molar-refractivity contribution in [1.29, 1.82) is 0 Å². The summed E-state index contributed by atoms with van der Waals surface area (Å²) in [6.45, 7) is 36.0. The Morgan fingerprint density at radius 2 is 0.533 bits per heavy atom. The number of amides is 8. The van der Waals surface area contributed by atoms with Crippen LogP contribution in [0.5, 0.6) is 0 Å². The molecule has 0 aliphatic rings. The van der Waals surface area contributed by atoms with Crippen LogP contribution in [0.3, 0.4) is 0 Å². The highest BCUT2D eigenvalue weighted by Gasteiger charge is 2.43. The van der Waals surface area contributed by atoms with Crippen molar-refractivity contribution in [3.8, 4) is 0 Å². The quantitative estimate of drug-likeness (QED) is 0.0149. The Labute approximate surface area is 782 Å². The van der Waals surface area contributed by atoms with Gasteiger partial charge in [-0.15, -0.1) is 21.9 Å². The average Bonchev–Trinajstić information content (AvgIpc) is 1.55. The van der Waals surface area contributed by atoms with Crippen molar-refractivity contribution in [3.63, 3.8) is 0 Å². The Hall–Kier alpha value is -3.41. The Morgan fingerprint density at radius 3 is 0.767 bits per heavy atom. The van der Waals surface area contributed by atoms with E-state index < -0.39 is 60.6 Å². The topological polar surface area (TPSA) is 416 Å². The molecule has 0 radical (unpaired) electrons. The number of carbonyl (C=O) groups excluding carboxylic acids is 9. The lowest BCUT2D eigenvalue weighted by molar-refractivity contribution is -0.126. The van der Waals surface area contributed by atoms with E-state index in [9.17, 15) is 43.2 Å². The Morgan fingerprint density at radius 1 is 0.317 bits per heavy atom. The van der Waals surface area contributed by atoms with Gasteiger partial charge in [-0.2, -0.15) is 0 Å². The maximum atomic E-state index is 13.6. The van der Waals surface area contributed by atoms with Crippen LogP contribution in [0.15, 0.2) is 31.2 Å². The van der Waals surface area contributed by atoms with Gasteiger partial charge >= 0.3 is 0 Å². The maximum Gasteiger partial charge on any atom is 0.236 e. The molecule has 0 atom stereocenters. The van der Waals surface area contributed by atoms with Gasteiger partial charge in [-0.25, -0.2) is 0 Å². The van der Waals surface area contributed by atoms with Gasteiger partial charge in [0.1, 0.15) is 22.9 Å². The summed E-state index contributed by atoms with van der Waals surface area (Å²) in [4.78, 5) is 122. The third kappa shape index (κ3) is 42.9. The molecule has 3 aromatic rings. The molecule has 120 heavy (non-hydrogen) atoms. The van der Waals surface area contributed by atoms with E-state index in [0.717, 1.165) is 0 Å². The molecular weight excluding hydrogens is 2150 g/mol. The number of aromatic nitrogens is 9. The molecule has 0 aliphatic heterocycles. The molecule has 3 aromatic heterocycles. The van der Waals surface area contributed by atoms with Gasteiger partial charge in [0.05, 0.1) is 188 Å². The Balaban J connectivity index is 2.32. The predicted molar refractivity (Wildman–Crippen MR) is 488 cm³/mol. The van der Waals surface area contributed by atoms with Gasteiger partial charge in [-0.1, -0.05) is 165 Å². The van der Waals surface area contributed by atoms with Crippen molar-refractivity contribution in [2.24, 2.45) is 21.7 Å². The molecule has 0 aromatic carbocycles. The molecule has 0 spiro atoms. The Bertz CT molecular complexity index is 3180. The average molecular weight is 2280 g/mol. The van der Waals surface area contributed by atoms with E-state index in [1.807, 2.05) is 0 Å². The SMILES string of the molecule is C=CCOCCOCCOCCOCCOCC(Cn1cc(COCC(CCC(=O)C(C)(C)Br)(CNC(=O)C(C)(C)Br)CNC(=O)C(C)(C)Br)nn1)(Cn1cc(COCC(CNC(=O)C(C)(C)Br)(CNC(=O)C(C)(C)Br)CNC(=O)C(C)(C)Br)nn1)Cn1cc(COCC(CNC(=O)C(C)(C)Br)(CNC(=O)C(C)(C)Br)CNC(=O)C(C)(C)Br)nn1. The fourth-order valence-corrected chi connectivity index (χ4v) is 12.0. The van der Waals surface area contributed by atoms with Crippen molar-refractivity contribution < 1.29 is 81.0 Å². The number of halogens is 9. The van der Waals surface area contributed by atoms with Crippen LogP contribution in [0.2, 0.25) is 0 Å². The van der Waals surface area contributed by atoms with Gasteiger partial charge in [-0.05, 0) is 131 Å². The van der Waals surface area contributed by atoms with Gasteiger partial charge in [0.2, 0.25) is 47.3 Å². The van der Waals surface area contributed by atoms with Crippen LogP contribution in [0.25, 0.3) is 0 Å². The third-order valence-corrected chi connectivity index (χ3v) is 21.5. The van der Waals surface area contributed by atoms with E-state index in [1.165, 1.54) is 0 Å². The maximum absolute atomic E-state index is 13.6. The molecule has 684 valence electrons. The Kier molecular flexibility index (Phi) is 46.0. The van der Waals surface area contributed by atoms with Crippen LogP contribution in [-0.4, -0.2) is 275 Å². The largest absolute Gasteiger partial charge is 0.378 e. The van der Waals surface area contributed by atoms with E-state index in [1.54, 1.807) is 163 Å². The number of nitrogens with zero attached hydrogens (tertiary/aromatic N) is 9. The highest BCUT2D eigenvalue weighted by Crippen LogP contribution is 2.33. The van der Waals surface area contributed by atoms with Crippen LogP contribution >= 0.6 is 143 Å². The minimum Gasteiger partial charge on any atom is -0.378 e. The first-order valence-electron chi connectivity index (χ1n) is 39.1. The lowest BCUT2D eigenvalue weighted by Gasteiger charge is -2.36. The second-order valence-corrected chi connectivity index (χ2v) is 52.4. The molecule has 0 aliphatic carbocycles. The summed E-state index contributed by atoms with van der Waals surface area (Å²) in [5.74, 6) is -2.90. The van der Waals surface area contributed by atoms with Crippen LogP contribution in [0, 0.1) is 21.7 Å². The second-order valence-electron chi connectivity index (χ2n) is 34.6. The molecule has 0 unspecified atom stereocenters. The predicted octanol–water partition coefficient (Wildman–Crippen LogP) is 8.47. The lowest BCUT2D eigenvalue weighted by atomic mass is 9.81. The summed E-state index contributed by atoms with van der Waals surface area (Å²) in [7, 11) is 0. The van der Waals surface area contributed by atoms with Gasteiger partial charge in [0, 0.05) is 75.0 Å². The van der Waals surface area contributed by atoms with Gasteiger partial charge in [0.15, 0.2) is 0 Å². The number of hydrogen-bond acceptors (Lipinski definition) is 23. The summed E-state index contributed by atoms with van der Waals surface area (Å²) in [6, 6.07) is 0. The lowest BCUT2D eigenvalue weighted by Crippen LogP contribution is -2.57. The first kappa shape index (κ1) is 111. The number of rotatable bonds is 62. The van der Waals surface area contributed by atoms with Crippen molar-refractivity contribution in [1.82, 2.24) is 87.5 Å². The monoisotopic (exact) mass is 2270 g/mol. The summed E-state index contributed by atoms with van der Waals surface area (Å²) in [6.07, 6.45) is 7.02. The zero-order chi connectivity index (χ0) is 91.1. The molecule has 3 heterocycles. The molecular formula is C77H126Br9N17O17. The second kappa shape index (κ2) is 49.8. The summed E-state index contributed by atoms with van der Waals surface area (Å²) >= 11 is 31.1. The molecule has 0 saturated heterocycles. The van der Waals surface area contributed by atoms with E-state index in [0.29, 0.717) is 50.1 Å². The first-order chi connectivity index (χ1) is 55.2. The number of ketones is 1. The van der Waals surface area contributed by atoms with Crippen LogP contribution < -0.4 is 42.5 Å². The number of carbonyl (C=O) groups is 9. The summed E-state index contributed by atoms with van der Waals surface area (Å²) in [5, 5.41) is 51.6. The zero-order valence-corrected chi connectivity index (χ0v) is 86.7. The molecule has 43 heteroatoms. The molecule has 0 fully saturated rings. The fourth-order valence-electron chi connectivity index (χ4n) is 10.7. The zero-order valence-electron chi connectivity index (χ0n) is 72.4. The number of Topliss-reactive ketones (excluding diaryl/α,β-unsaturated/α-hetero) is 1. The summed E-state index contributed by atoms with van der Waals surface area (Å²) < 4.78 is 45.1. The molecule has 3 rings (SSSR count). The minimum absolute atomic E-state index is 0.00800. The normalized spacial score (nSPS) is 13.2. The molecule has 34 nitrogen and oxygen atoms in total. The molecule has 0 bridgehead atoms. The molecule has 8 N–H and O–H groups in total. The summed E-state index contributed by atoms with van der Waals surface area (Å²) in [5.41, 5.74) is -3.39. The molecule has 8 amide bonds. The number of hydrogen-bond donors (Lipinski definition) is 8. The van der Waals surface area contributed by atoms with Crippen LogP contribution in [0.1, 0.15) is 155 Å². The van der Waals surface area contributed by atoms with E-state index >= 15 is 0 Å². The van der Waals surface area contributed by atoms with E-state index in [-0.39, 0.29) is 211 Å². The van der Waals surface area contributed by atoms with Gasteiger partial charge in [0.25, 0.3) is 0 Å². The number of ether oxygens (including phenoxy) is 8. The van der Waals surface area contributed by atoms with Gasteiger partial charge in [-0.3, -0.25) is 57.2 Å². The van der Waals surface area contributed by atoms with Crippen molar-refractivity contribution in [2.75, 3.05) is 138 Å². The fraction of sp³-hybridized carbons (Fsp3) is 0.779. The van der Waals surface area contributed by atoms with Crippen molar-refractivity contribution in [2.45, 2.75) is 216 Å². The van der Waals surface area contributed by atoms with Crippen LogP contribution in [-0.2, 0) is 121 Å². The third-order valence-electron chi connectivity index (χ3n) is 18.2. The first-order valence-corrected chi connectivity index (χ1v) is 46.2. The highest BCUT2D eigenvalue weighted by atomic mass is 79.9. The highest BCUT2D eigenvalue weighted by molar-refractivity contribution is 9.11.